The fourth-order valence-electron chi connectivity index (χ4n) is 2.98. The van der Waals surface area contributed by atoms with Gasteiger partial charge in [0.05, 0.1) is 32.9 Å². The van der Waals surface area contributed by atoms with Crippen LogP contribution >= 0.6 is 11.3 Å². The Labute approximate surface area is 139 Å². The van der Waals surface area contributed by atoms with Gasteiger partial charge in [-0.05, 0) is 30.0 Å². The molecule has 5 nitrogen and oxygen atoms in total. The van der Waals surface area contributed by atoms with Crippen molar-refractivity contribution < 1.29 is 19.4 Å². The van der Waals surface area contributed by atoms with E-state index in [0.29, 0.717) is 29.2 Å². The van der Waals surface area contributed by atoms with E-state index in [0.717, 1.165) is 11.1 Å². The van der Waals surface area contributed by atoms with Gasteiger partial charge in [-0.3, -0.25) is 4.79 Å². The molecule has 23 heavy (non-hydrogen) atoms. The highest BCUT2D eigenvalue weighted by atomic mass is 32.1. The number of methoxy groups -OCH3 is 2. The quantitative estimate of drug-likeness (QED) is 0.938. The average Bonchev–Trinajstić information content (AvgIpc) is 2.98. The zero-order valence-corrected chi connectivity index (χ0v) is 14.1. The summed E-state index contributed by atoms with van der Waals surface area (Å²) in [6.07, 6.45) is -0.799. The molecule has 1 aromatic heterocycles. The van der Waals surface area contributed by atoms with Crippen LogP contribution in [0.15, 0.2) is 22.9 Å². The third kappa shape index (κ3) is 2.68. The van der Waals surface area contributed by atoms with Crippen molar-refractivity contribution in [3.63, 3.8) is 0 Å². The molecule has 0 bridgehead atoms. The van der Waals surface area contributed by atoms with Crippen molar-refractivity contribution in [2.45, 2.75) is 19.6 Å². The van der Waals surface area contributed by atoms with Gasteiger partial charge >= 0.3 is 0 Å². The number of nitrogens with zero attached hydrogens (tertiary/aromatic N) is 1. The topological polar surface area (TPSA) is 59.0 Å². The van der Waals surface area contributed by atoms with Crippen LogP contribution < -0.4 is 9.47 Å². The van der Waals surface area contributed by atoms with Crippen LogP contribution in [0, 0.1) is 6.92 Å². The maximum atomic E-state index is 12.7. The van der Waals surface area contributed by atoms with Gasteiger partial charge in [-0.2, -0.15) is 11.3 Å². The summed E-state index contributed by atoms with van der Waals surface area (Å²) < 4.78 is 10.8. The number of amides is 1. The maximum absolute atomic E-state index is 12.7. The lowest BCUT2D eigenvalue weighted by Crippen LogP contribution is -2.38. The zero-order valence-electron chi connectivity index (χ0n) is 13.3. The lowest BCUT2D eigenvalue weighted by molar-refractivity contribution is 0.0538. The number of thiophene rings is 1. The number of β-amino-alcohol motifs (C(OH)–C–C–N with tert-alkyl or cyclic N) is 1. The number of benzene rings is 1. The summed E-state index contributed by atoms with van der Waals surface area (Å²) in [4.78, 5) is 14.4. The molecule has 0 aliphatic carbocycles. The molecule has 1 aromatic carbocycles. The standard InChI is InChI=1S/C17H19NO4S/c1-10-8-23-9-12(10)17(20)18-6-11-14(21-2)4-5-15(22-3)16(11)13(19)7-18/h4-5,8-9,13,19H,6-7H2,1-3H3/t13-/m0/s1. The van der Waals surface area contributed by atoms with Crippen molar-refractivity contribution in [1.82, 2.24) is 4.90 Å². The summed E-state index contributed by atoms with van der Waals surface area (Å²) in [6, 6.07) is 3.58. The van der Waals surface area contributed by atoms with E-state index >= 15 is 0 Å². The van der Waals surface area contributed by atoms with Crippen LogP contribution in [0.2, 0.25) is 0 Å². The Hall–Kier alpha value is -2.05. The molecule has 3 rings (SSSR count). The van der Waals surface area contributed by atoms with Crippen molar-refractivity contribution >= 4 is 17.2 Å². The molecular weight excluding hydrogens is 314 g/mol. The van der Waals surface area contributed by atoms with Gasteiger partial charge in [0.15, 0.2) is 0 Å². The second kappa shape index (κ2) is 6.22. The van der Waals surface area contributed by atoms with Crippen LogP contribution in [-0.4, -0.2) is 36.7 Å². The van der Waals surface area contributed by atoms with Crippen LogP contribution in [0.1, 0.15) is 33.2 Å². The van der Waals surface area contributed by atoms with Crippen LogP contribution in [0.4, 0.5) is 0 Å². The maximum Gasteiger partial charge on any atom is 0.255 e. The number of aliphatic hydroxyl groups excluding tert-OH is 1. The van der Waals surface area contributed by atoms with E-state index in [4.69, 9.17) is 9.47 Å². The second-order valence-corrected chi connectivity index (χ2v) is 6.28. The number of rotatable bonds is 3. The fraction of sp³-hybridized carbons (Fsp3) is 0.353. The molecule has 0 unspecified atom stereocenters. The van der Waals surface area contributed by atoms with Crippen molar-refractivity contribution in [3.8, 4) is 11.5 Å². The molecule has 2 aromatic rings. The van der Waals surface area contributed by atoms with E-state index in [1.165, 1.54) is 11.3 Å². The molecule has 1 aliphatic rings. The third-order valence-corrected chi connectivity index (χ3v) is 5.02. The Bertz CT molecular complexity index is 740. The number of fused-ring (bicyclic) bond motifs is 1. The lowest BCUT2D eigenvalue weighted by Gasteiger charge is -2.34. The minimum atomic E-state index is -0.799. The van der Waals surface area contributed by atoms with Gasteiger partial charge in [0.1, 0.15) is 17.6 Å². The van der Waals surface area contributed by atoms with E-state index in [1.807, 2.05) is 17.7 Å². The lowest BCUT2D eigenvalue weighted by atomic mass is 9.94. The normalized spacial score (nSPS) is 16.9. The molecule has 1 amide bonds. The van der Waals surface area contributed by atoms with Gasteiger partial charge in [-0.1, -0.05) is 0 Å². The molecule has 6 heteroatoms. The van der Waals surface area contributed by atoms with Crippen molar-refractivity contribution in [2.24, 2.45) is 0 Å². The first kappa shape index (κ1) is 15.8. The number of carbonyl (C=O) groups is 1. The van der Waals surface area contributed by atoms with Gasteiger partial charge in [-0.25, -0.2) is 0 Å². The summed E-state index contributed by atoms with van der Waals surface area (Å²) in [5.41, 5.74) is 3.15. The Morgan fingerprint density at radius 3 is 2.57 bits per heavy atom. The van der Waals surface area contributed by atoms with Crippen molar-refractivity contribution in [3.05, 3.63) is 45.1 Å². The summed E-state index contributed by atoms with van der Waals surface area (Å²) in [6.45, 7) is 2.55. The van der Waals surface area contributed by atoms with Gasteiger partial charge < -0.3 is 19.5 Å². The first-order chi connectivity index (χ1) is 11.1. The number of hydrogen-bond donors (Lipinski definition) is 1. The monoisotopic (exact) mass is 333 g/mol. The summed E-state index contributed by atoms with van der Waals surface area (Å²) in [5.74, 6) is 1.20. The molecule has 2 heterocycles. The van der Waals surface area contributed by atoms with E-state index < -0.39 is 6.10 Å². The van der Waals surface area contributed by atoms with Gasteiger partial charge in [0.2, 0.25) is 0 Å². The minimum Gasteiger partial charge on any atom is -0.496 e. The third-order valence-electron chi connectivity index (χ3n) is 4.16. The Kier molecular flexibility index (Phi) is 4.28. The number of aryl methyl sites for hydroxylation is 1. The van der Waals surface area contributed by atoms with Crippen LogP contribution in [0.5, 0.6) is 11.5 Å². The van der Waals surface area contributed by atoms with E-state index in [1.54, 1.807) is 31.3 Å². The number of carbonyl (C=O) groups excluding carboxylic acids is 1. The number of hydrogen-bond acceptors (Lipinski definition) is 5. The molecule has 122 valence electrons. The highest BCUT2D eigenvalue weighted by Gasteiger charge is 2.32. The molecule has 0 fully saturated rings. The molecular formula is C17H19NO4S. The SMILES string of the molecule is COc1ccc(OC)c2c1CN(C(=O)c1cscc1C)C[C@@H]2O. The summed E-state index contributed by atoms with van der Waals surface area (Å²) in [7, 11) is 3.15. The van der Waals surface area contributed by atoms with Gasteiger partial charge in [-0.15, -0.1) is 0 Å². The van der Waals surface area contributed by atoms with Gasteiger partial charge in [0, 0.05) is 16.5 Å². The average molecular weight is 333 g/mol. The van der Waals surface area contributed by atoms with Crippen LogP contribution in [-0.2, 0) is 6.54 Å². The molecule has 1 N–H and O–H groups in total. The molecule has 0 radical (unpaired) electrons. The first-order valence-corrected chi connectivity index (χ1v) is 8.25. The predicted octanol–water partition coefficient (Wildman–Crippen LogP) is 2.76. The number of ether oxygens (including phenoxy) is 2. The molecule has 1 aliphatic heterocycles. The van der Waals surface area contributed by atoms with Crippen molar-refractivity contribution in [1.29, 1.82) is 0 Å². The molecule has 1 atom stereocenters. The largest absolute Gasteiger partial charge is 0.496 e. The minimum absolute atomic E-state index is 0.0710. The smallest absolute Gasteiger partial charge is 0.255 e. The predicted molar refractivity (Wildman–Crippen MR) is 88.3 cm³/mol. The Balaban J connectivity index is 2.00. The number of aliphatic hydroxyl groups is 1. The zero-order chi connectivity index (χ0) is 16.6. The fourth-order valence-corrected chi connectivity index (χ4v) is 3.80. The van der Waals surface area contributed by atoms with Crippen LogP contribution in [0.3, 0.4) is 0 Å². The van der Waals surface area contributed by atoms with E-state index in [-0.39, 0.29) is 12.5 Å². The first-order valence-electron chi connectivity index (χ1n) is 7.30. The molecule has 0 spiro atoms. The van der Waals surface area contributed by atoms with Crippen molar-refractivity contribution in [2.75, 3.05) is 20.8 Å². The summed E-state index contributed by atoms with van der Waals surface area (Å²) >= 11 is 1.50. The molecule has 0 saturated heterocycles. The Morgan fingerprint density at radius 1 is 1.26 bits per heavy atom. The highest BCUT2D eigenvalue weighted by molar-refractivity contribution is 7.08. The highest BCUT2D eigenvalue weighted by Crippen LogP contribution is 2.39. The van der Waals surface area contributed by atoms with E-state index in [9.17, 15) is 9.90 Å². The van der Waals surface area contributed by atoms with Gasteiger partial charge in [0.25, 0.3) is 5.91 Å². The Morgan fingerprint density at radius 2 is 1.96 bits per heavy atom. The van der Waals surface area contributed by atoms with E-state index in [2.05, 4.69) is 0 Å². The second-order valence-electron chi connectivity index (χ2n) is 5.53. The summed E-state index contributed by atoms with van der Waals surface area (Å²) in [5, 5.41) is 14.4. The molecule has 0 saturated carbocycles. The van der Waals surface area contributed by atoms with Crippen LogP contribution in [0.25, 0.3) is 0 Å².